The number of hydrogen-bond acceptors (Lipinski definition) is 3. The molecule has 2 N–H and O–H groups in total. The highest BCUT2D eigenvalue weighted by molar-refractivity contribution is 6.04. The average molecular weight is 192 g/mol. The molecule has 0 amide bonds. The molecule has 1 atom stereocenters. The van der Waals surface area contributed by atoms with Crippen LogP contribution in [0.5, 0.6) is 11.5 Å². The van der Waals surface area contributed by atoms with Gasteiger partial charge in [0.05, 0.1) is 0 Å². The zero-order valence-corrected chi connectivity index (χ0v) is 8.16. The molecular formula is C11H12O3. The van der Waals surface area contributed by atoms with Crippen molar-refractivity contribution < 1.29 is 15.0 Å². The third-order valence-corrected chi connectivity index (χ3v) is 2.82. The van der Waals surface area contributed by atoms with Gasteiger partial charge in [-0.25, -0.2) is 0 Å². The predicted molar refractivity (Wildman–Crippen MR) is 51.7 cm³/mol. The lowest BCUT2D eigenvalue weighted by Crippen LogP contribution is -2.04. The Morgan fingerprint density at radius 1 is 1.43 bits per heavy atom. The highest BCUT2D eigenvalue weighted by Crippen LogP contribution is 2.39. The molecule has 1 unspecified atom stereocenters. The standard InChI is InChI=1S/C11H12O3/c1-5-3-7-4-8(12)11(14)6(2)9(7)10(5)13/h4-5,12,14H,3H2,1-2H3. The first-order chi connectivity index (χ1) is 6.52. The number of hydrogen-bond donors (Lipinski definition) is 2. The SMILES string of the molecule is Cc1c(O)c(O)cc2c1C(=O)C(C)C2. The van der Waals surface area contributed by atoms with Crippen molar-refractivity contribution in [1.29, 1.82) is 0 Å². The summed E-state index contributed by atoms with van der Waals surface area (Å²) in [4.78, 5) is 11.7. The van der Waals surface area contributed by atoms with Crippen molar-refractivity contribution >= 4 is 5.78 Å². The van der Waals surface area contributed by atoms with E-state index >= 15 is 0 Å². The maximum absolute atomic E-state index is 11.7. The number of carbonyl (C=O) groups excluding carboxylic acids is 1. The molecule has 3 nitrogen and oxygen atoms in total. The fourth-order valence-electron chi connectivity index (χ4n) is 2.03. The summed E-state index contributed by atoms with van der Waals surface area (Å²) >= 11 is 0. The lowest BCUT2D eigenvalue weighted by atomic mass is 10.0. The second-order valence-corrected chi connectivity index (χ2v) is 3.87. The van der Waals surface area contributed by atoms with Crippen LogP contribution in [-0.4, -0.2) is 16.0 Å². The number of Topliss-reactive ketones (excluding diaryl/α,β-unsaturated/α-hetero) is 1. The number of aromatic hydroxyl groups is 2. The van der Waals surface area contributed by atoms with Crippen molar-refractivity contribution in [3.05, 3.63) is 22.8 Å². The Morgan fingerprint density at radius 2 is 2.07 bits per heavy atom. The van der Waals surface area contributed by atoms with Gasteiger partial charge in [0.1, 0.15) is 0 Å². The maximum atomic E-state index is 11.7. The van der Waals surface area contributed by atoms with Gasteiger partial charge in [0.2, 0.25) is 0 Å². The highest BCUT2D eigenvalue weighted by Gasteiger charge is 2.30. The van der Waals surface area contributed by atoms with Crippen molar-refractivity contribution in [2.75, 3.05) is 0 Å². The summed E-state index contributed by atoms with van der Waals surface area (Å²) in [6.45, 7) is 3.51. The van der Waals surface area contributed by atoms with Gasteiger partial charge in [0.15, 0.2) is 17.3 Å². The van der Waals surface area contributed by atoms with E-state index in [4.69, 9.17) is 0 Å². The zero-order valence-electron chi connectivity index (χ0n) is 8.16. The molecule has 0 saturated carbocycles. The maximum Gasteiger partial charge on any atom is 0.166 e. The van der Waals surface area contributed by atoms with Gasteiger partial charge < -0.3 is 10.2 Å². The van der Waals surface area contributed by atoms with E-state index in [0.29, 0.717) is 17.5 Å². The van der Waals surface area contributed by atoms with Crippen LogP contribution >= 0.6 is 0 Å². The summed E-state index contributed by atoms with van der Waals surface area (Å²) in [6, 6.07) is 1.49. The molecule has 3 heteroatoms. The quantitative estimate of drug-likeness (QED) is 0.616. The van der Waals surface area contributed by atoms with E-state index < -0.39 is 0 Å². The normalized spacial score (nSPS) is 19.9. The molecule has 1 aliphatic carbocycles. The predicted octanol–water partition coefficient (Wildman–Crippen LogP) is 1.78. The first-order valence-corrected chi connectivity index (χ1v) is 4.61. The van der Waals surface area contributed by atoms with Crippen molar-refractivity contribution in [3.8, 4) is 11.5 Å². The molecule has 14 heavy (non-hydrogen) atoms. The molecule has 0 spiro atoms. The summed E-state index contributed by atoms with van der Waals surface area (Å²) in [6.07, 6.45) is 0.656. The van der Waals surface area contributed by atoms with Crippen LogP contribution in [-0.2, 0) is 6.42 Å². The van der Waals surface area contributed by atoms with Gasteiger partial charge in [-0.05, 0) is 25.0 Å². The minimum atomic E-state index is -0.175. The molecule has 0 radical (unpaired) electrons. The third kappa shape index (κ3) is 1.02. The fraction of sp³-hybridized carbons (Fsp3) is 0.364. The summed E-state index contributed by atoms with van der Waals surface area (Å²) in [5, 5.41) is 18.8. The van der Waals surface area contributed by atoms with Gasteiger partial charge >= 0.3 is 0 Å². The van der Waals surface area contributed by atoms with Crippen LogP contribution in [0.25, 0.3) is 0 Å². The van der Waals surface area contributed by atoms with Crippen LogP contribution in [0.1, 0.15) is 28.4 Å². The van der Waals surface area contributed by atoms with E-state index in [-0.39, 0.29) is 23.2 Å². The highest BCUT2D eigenvalue weighted by atomic mass is 16.3. The number of phenolic OH excluding ortho intramolecular Hbond substituents is 2. The van der Waals surface area contributed by atoms with E-state index in [1.165, 1.54) is 6.07 Å². The number of ketones is 1. The Labute approximate surface area is 82.0 Å². The minimum Gasteiger partial charge on any atom is -0.504 e. The Morgan fingerprint density at radius 3 is 2.71 bits per heavy atom. The van der Waals surface area contributed by atoms with Crippen molar-refractivity contribution in [3.63, 3.8) is 0 Å². The van der Waals surface area contributed by atoms with Gasteiger partial charge in [0, 0.05) is 17.0 Å². The molecule has 2 rings (SSSR count). The Balaban J connectivity index is 2.71. The van der Waals surface area contributed by atoms with E-state index in [9.17, 15) is 15.0 Å². The number of rotatable bonds is 0. The van der Waals surface area contributed by atoms with E-state index in [2.05, 4.69) is 0 Å². The first kappa shape index (κ1) is 9.06. The number of phenols is 2. The number of fused-ring (bicyclic) bond motifs is 1. The second-order valence-electron chi connectivity index (χ2n) is 3.87. The summed E-state index contributed by atoms with van der Waals surface area (Å²) in [7, 11) is 0. The molecule has 74 valence electrons. The molecule has 0 aromatic heterocycles. The van der Waals surface area contributed by atoms with Crippen LogP contribution in [0.2, 0.25) is 0 Å². The van der Waals surface area contributed by atoms with E-state index in [1.54, 1.807) is 6.92 Å². The van der Waals surface area contributed by atoms with E-state index in [0.717, 1.165) is 5.56 Å². The summed E-state index contributed by atoms with van der Waals surface area (Å²) in [5.74, 6) is -0.285. The fourth-order valence-corrected chi connectivity index (χ4v) is 2.03. The lowest BCUT2D eigenvalue weighted by molar-refractivity contribution is 0.0945. The Hall–Kier alpha value is -1.51. The minimum absolute atomic E-state index is 0.0371. The third-order valence-electron chi connectivity index (χ3n) is 2.82. The molecule has 0 saturated heterocycles. The molecule has 1 aromatic rings. The van der Waals surface area contributed by atoms with Crippen LogP contribution in [0.3, 0.4) is 0 Å². The van der Waals surface area contributed by atoms with Crippen LogP contribution in [0.4, 0.5) is 0 Å². The lowest BCUT2D eigenvalue weighted by Gasteiger charge is -2.06. The number of benzene rings is 1. The van der Waals surface area contributed by atoms with Gasteiger partial charge in [-0.15, -0.1) is 0 Å². The van der Waals surface area contributed by atoms with Gasteiger partial charge in [-0.3, -0.25) is 4.79 Å². The summed E-state index contributed by atoms with van der Waals surface area (Å²) < 4.78 is 0. The largest absolute Gasteiger partial charge is 0.504 e. The Bertz CT molecular complexity index is 421. The average Bonchev–Trinajstić information content (AvgIpc) is 2.39. The molecule has 0 bridgehead atoms. The molecule has 1 aromatic carbocycles. The van der Waals surface area contributed by atoms with Gasteiger partial charge in [-0.1, -0.05) is 6.92 Å². The van der Waals surface area contributed by atoms with Crippen LogP contribution < -0.4 is 0 Å². The van der Waals surface area contributed by atoms with Crippen molar-refractivity contribution in [2.24, 2.45) is 5.92 Å². The smallest absolute Gasteiger partial charge is 0.166 e. The van der Waals surface area contributed by atoms with Gasteiger partial charge in [-0.2, -0.15) is 0 Å². The zero-order chi connectivity index (χ0) is 10.5. The topological polar surface area (TPSA) is 57.5 Å². The molecular weight excluding hydrogens is 180 g/mol. The summed E-state index contributed by atoms with van der Waals surface area (Å²) in [5.41, 5.74) is 1.93. The second kappa shape index (κ2) is 2.74. The number of carbonyl (C=O) groups is 1. The van der Waals surface area contributed by atoms with Crippen molar-refractivity contribution in [1.82, 2.24) is 0 Å². The van der Waals surface area contributed by atoms with Crippen molar-refractivity contribution in [2.45, 2.75) is 20.3 Å². The molecule has 0 aliphatic heterocycles. The van der Waals surface area contributed by atoms with E-state index in [1.807, 2.05) is 6.92 Å². The van der Waals surface area contributed by atoms with Crippen LogP contribution in [0, 0.1) is 12.8 Å². The monoisotopic (exact) mass is 192 g/mol. The first-order valence-electron chi connectivity index (χ1n) is 4.61. The van der Waals surface area contributed by atoms with Crippen LogP contribution in [0.15, 0.2) is 6.07 Å². The molecule has 1 aliphatic rings. The van der Waals surface area contributed by atoms with Gasteiger partial charge in [0.25, 0.3) is 0 Å². The molecule has 0 fully saturated rings. The Kier molecular flexibility index (Phi) is 1.77. The molecule has 0 heterocycles.